The van der Waals surface area contributed by atoms with E-state index >= 15 is 0 Å². The molecule has 0 heterocycles. The van der Waals surface area contributed by atoms with E-state index in [9.17, 15) is 9.90 Å². The average molecular weight is 294 g/mol. The lowest BCUT2D eigenvalue weighted by Crippen LogP contribution is -2.31. The molecule has 0 spiro atoms. The minimum atomic E-state index is -1.34. The molecule has 0 aliphatic carbocycles. The van der Waals surface area contributed by atoms with Crippen molar-refractivity contribution in [3.63, 3.8) is 0 Å². The first kappa shape index (κ1) is 17.8. The van der Waals surface area contributed by atoms with Gasteiger partial charge in [0.25, 0.3) is 0 Å². The Labute approximate surface area is 126 Å². The quantitative estimate of drug-likeness (QED) is 0.514. The van der Waals surface area contributed by atoms with Crippen LogP contribution in [-0.4, -0.2) is 34.8 Å². The number of hydrogen-bond donors (Lipinski definition) is 2. The predicted octanol–water partition coefficient (Wildman–Crippen LogP) is 2.71. The molecule has 0 saturated heterocycles. The molecule has 0 amide bonds. The molecule has 1 rings (SSSR count). The number of ketones is 1. The lowest BCUT2D eigenvalue weighted by Gasteiger charge is -2.15. The molecule has 0 fully saturated rings. The van der Waals surface area contributed by atoms with Crippen LogP contribution in [0.3, 0.4) is 0 Å². The molecule has 1 aromatic carbocycles. The summed E-state index contributed by atoms with van der Waals surface area (Å²) in [5, 5.41) is 18.3. The van der Waals surface area contributed by atoms with Crippen LogP contribution in [0.5, 0.6) is 0 Å². The maximum Gasteiger partial charge on any atom is 0.193 e. The van der Waals surface area contributed by atoms with Gasteiger partial charge in [0, 0.05) is 18.8 Å². The van der Waals surface area contributed by atoms with Gasteiger partial charge in [0.05, 0.1) is 6.61 Å². The third-order valence-corrected chi connectivity index (χ3v) is 3.24. The van der Waals surface area contributed by atoms with Crippen molar-refractivity contribution in [2.75, 3.05) is 13.2 Å². The van der Waals surface area contributed by atoms with Gasteiger partial charge in [-0.05, 0) is 32.3 Å². The number of aliphatic hydroxyl groups is 2. The number of carbonyl (C=O) groups excluding carboxylic acids is 1. The number of ether oxygens (including phenoxy) is 1. The fourth-order valence-electron chi connectivity index (χ4n) is 1.97. The number of rotatable bonds is 10. The molecular formula is C17H26O4. The van der Waals surface area contributed by atoms with Gasteiger partial charge in [-0.15, -0.1) is 0 Å². The van der Waals surface area contributed by atoms with Crippen LogP contribution in [0.25, 0.3) is 0 Å². The van der Waals surface area contributed by atoms with Crippen molar-refractivity contribution < 1.29 is 19.7 Å². The number of Topliss-reactive ketones (excluding diaryl/α,β-unsaturated/α-hetero) is 1. The zero-order valence-corrected chi connectivity index (χ0v) is 13.0. The van der Waals surface area contributed by atoms with E-state index in [0.717, 1.165) is 31.2 Å². The van der Waals surface area contributed by atoms with Crippen molar-refractivity contribution in [3.05, 3.63) is 35.4 Å². The Kier molecular flexibility index (Phi) is 7.57. The molecule has 118 valence electrons. The van der Waals surface area contributed by atoms with Gasteiger partial charge >= 0.3 is 0 Å². The topological polar surface area (TPSA) is 66.8 Å². The van der Waals surface area contributed by atoms with Gasteiger partial charge in [0.15, 0.2) is 5.78 Å². The van der Waals surface area contributed by atoms with Crippen LogP contribution in [0.15, 0.2) is 24.3 Å². The highest BCUT2D eigenvalue weighted by atomic mass is 16.5. The molecule has 0 atom stereocenters. The van der Waals surface area contributed by atoms with Gasteiger partial charge < -0.3 is 14.9 Å². The molecule has 0 aliphatic heterocycles. The first-order valence-corrected chi connectivity index (χ1v) is 7.50. The summed E-state index contributed by atoms with van der Waals surface area (Å²) in [6.45, 7) is 4.47. The monoisotopic (exact) mass is 294 g/mol. The summed E-state index contributed by atoms with van der Waals surface area (Å²) in [6, 6.07) is 7.15. The highest BCUT2D eigenvalue weighted by Gasteiger charge is 2.24. The molecular weight excluding hydrogens is 268 g/mol. The molecule has 0 bridgehead atoms. The second-order valence-corrected chi connectivity index (χ2v) is 5.78. The SMILES string of the molecule is CC(C)(O)C(=O)c1ccc(COCCCCCCO)cc1. The minimum absolute atomic E-state index is 0.260. The first-order valence-electron chi connectivity index (χ1n) is 7.50. The van der Waals surface area contributed by atoms with E-state index in [1.807, 2.05) is 12.1 Å². The number of benzene rings is 1. The highest BCUT2D eigenvalue weighted by Crippen LogP contribution is 2.14. The molecule has 4 nitrogen and oxygen atoms in total. The predicted molar refractivity (Wildman–Crippen MR) is 82.3 cm³/mol. The Hall–Kier alpha value is -1.23. The smallest absolute Gasteiger partial charge is 0.193 e. The van der Waals surface area contributed by atoms with E-state index in [1.165, 1.54) is 13.8 Å². The summed E-state index contributed by atoms with van der Waals surface area (Å²) in [7, 11) is 0. The van der Waals surface area contributed by atoms with Crippen molar-refractivity contribution in [1.29, 1.82) is 0 Å². The molecule has 0 aliphatic rings. The van der Waals surface area contributed by atoms with E-state index in [-0.39, 0.29) is 12.4 Å². The number of aliphatic hydroxyl groups excluding tert-OH is 1. The van der Waals surface area contributed by atoms with Crippen molar-refractivity contribution in [2.45, 2.75) is 51.7 Å². The summed E-state index contributed by atoms with van der Waals surface area (Å²) >= 11 is 0. The van der Waals surface area contributed by atoms with Gasteiger partial charge in [0.2, 0.25) is 0 Å². The zero-order valence-electron chi connectivity index (χ0n) is 13.0. The standard InChI is InChI=1S/C17H26O4/c1-17(2,20)16(19)15-9-7-14(8-10-15)13-21-12-6-4-3-5-11-18/h7-10,18,20H,3-6,11-13H2,1-2H3. The fraction of sp³-hybridized carbons (Fsp3) is 0.588. The average Bonchev–Trinajstić information content (AvgIpc) is 2.45. The summed E-state index contributed by atoms with van der Waals surface area (Å²) in [4.78, 5) is 11.9. The van der Waals surface area contributed by atoms with Crippen LogP contribution in [0.1, 0.15) is 55.5 Å². The van der Waals surface area contributed by atoms with Crippen molar-refractivity contribution >= 4 is 5.78 Å². The fourth-order valence-corrected chi connectivity index (χ4v) is 1.97. The number of carbonyl (C=O) groups is 1. The molecule has 21 heavy (non-hydrogen) atoms. The number of unbranched alkanes of at least 4 members (excludes halogenated alkanes) is 3. The van der Waals surface area contributed by atoms with Crippen molar-refractivity contribution in [3.8, 4) is 0 Å². The van der Waals surface area contributed by atoms with Gasteiger partial charge in [-0.2, -0.15) is 0 Å². The maximum absolute atomic E-state index is 11.9. The lowest BCUT2D eigenvalue weighted by atomic mass is 9.96. The molecule has 0 unspecified atom stereocenters. The van der Waals surface area contributed by atoms with Crippen LogP contribution in [-0.2, 0) is 11.3 Å². The lowest BCUT2D eigenvalue weighted by molar-refractivity contribution is 0.0488. The van der Waals surface area contributed by atoms with E-state index in [2.05, 4.69) is 0 Å². The van der Waals surface area contributed by atoms with Gasteiger partial charge in [-0.25, -0.2) is 0 Å². The largest absolute Gasteiger partial charge is 0.396 e. The van der Waals surface area contributed by atoms with E-state index in [0.29, 0.717) is 18.8 Å². The van der Waals surface area contributed by atoms with Crippen LogP contribution in [0.2, 0.25) is 0 Å². The van der Waals surface area contributed by atoms with Crippen LogP contribution < -0.4 is 0 Å². The van der Waals surface area contributed by atoms with E-state index in [1.54, 1.807) is 12.1 Å². The zero-order chi connectivity index (χ0) is 15.7. The molecule has 0 aromatic heterocycles. The molecule has 0 radical (unpaired) electrons. The van der Waals surface area contributed by atoms with Gasteiger partial charge in [-0.3, -0.25) is 4.79 Å². The van der Waals surface area contributed by atoms with Crippen LogP contribution >= 0.6 is 0 Å². The van der Waals surface area contributed by atoms with Crippen LogP contribution in [0, 0.1) is 0 Å². The van der Waals surface area contributed by atoms with Crippen LogP contribution in [0.4, 0.5) is 0 Å². The summed E-state index contributed by atoms with van der Waals surface area (Å²) in [6.07, 6.45) is 3.96. The molecule has 2 N–H and O–H groups in total. The summed E-state index contributed by atoms with van der Waals surface area (Å²) in [5.41, 5.74) is 0.181. The molecule has 0 saturated carbocycles. The molecule has 1 aromatic rings. The van der Waals surface area contributed by atoms with Crippen molar-refractivity contribution in [1.82, 2.24) is 0 Å². The summed E-state index contributed by atoms with van der Waals surface area (Å²) < 4.78 is 5.57. The Bertz CT molecular complexity index is 417. The molecule has 4 heteroatoms. The van der Waals surface area contributed by atoms with Crippen molar-refractivity contribution in [2.24, 2.45) is 0 Å². The second-order valence-electron chi connectivity index (χ2n) is 5.78. The Morgan fingerprint density at radius 3 is 2.29 bits per heavy atom. The maximum atomic E-state index is 11.9. The third kappa shape index (κ3) is 6.85. The van der Waals surface area contributed by atoms with Gasteiger partial charge in [0.1, 0.15) is 5.60 Å². The van der Waals surface area contributed by atoms with E-state index < -0.39 is 5.60 Å². The minimum Gasteiger partial charge on any atom is -0.396 e. The number of hydrogen-bond acceptors (Lipinski definition) is 4. The Morgan fingerprint density at radius 1 is 1.10 bits per heavy atom. The Morgan fingerprint density at radius 2 is 1.71 bits per heavy atom. The van der Waals surface area contributed by atoms with E-state index in [4.69, 9.17) is 9.84 Å². The first-order chi connectivity index (χ1) is 9.95. The normalized spacial score (nSPS) is 11.6. The Balaban J connectivity index is 2.30. The third-order valence-electron chi connectivity index (χ3n) is 3.24. The highest BCUT2D eigenvalue weighted by molar-refractivity contribution is 6.01. The van der Waals surface area contributed by atoms with Gasteiger partial charge in [-0.1, -0.05) is 37.1 Å². The second kappa shape index (κ2) is 8.93. The summed E-state index contributed by atoms with van der Waals surface area (Å²) in [5.74, 6) is -0.279.